The number of fused-ring (bicyclic) bond motifs is 3. The lowest BCUT2D eigenvalue weighted by atomic mass is 9.71. The molecule has 1 N–H and O–H groups in total. The van der Waals surface area contributed by atoms with Gasteiger partial charge in [-0.15, -0.1) is 0 Å². The Kier molecular flexibility index (Phi) is 2.71. The Morgan fingerprint density at radius 2 is 2.06 bits per heavy atom. The van der Waals surface area contributed by atoms with Gasteiger partial charge in [0, 0.05) is 11.1 Å². The number of H-pyrrole nitrogens is 1. The molecule has 1 aromatic carbocycles. The van der Waals surface area contributed by atoms with Crippen LogP contribution in [0.5, 0.6) is 0 Å². The first-order valence-corrected chi connectivity index (χ1v) is 7.12. The second-order valence-corrected chi connectivity index (χ2v) is 6.96. The zero-order valence-electron chi connectivity index (χ0n) is 11.3. The van der Waals surface area contributed by atoms with E-state index in [-0.39, 0.29) is 0 Å². The van der Waals surface area contributed by atoms with Crippen LogP contribution in [0.3, 0.4) is 0 Å². The van der Waals surface area contributed by atoms with Crippen LogP contribution in [0.2, 0.25) is 5.02 Å². The van der Waals surface area contributed by atoms with Gasteiger partial charge in [-0.3, -0.25) is 0 Å². The summed E-state index contributed by atoms with van der Waals surface area (Å²) in [5.74, 6) is 0.767. The van der Waals surface area contributed by atoms with Gasteiger partial charge in [0.05, 0.1) is 10.5 Å². The van der Waals surface area contributed by atoms with Crippen molar-refractivity contribution in [3.63, 3.8) is 0 Å². The van der Waals surface area contributed by atoms with Crippen molar-refractivity contribution in [3.05, 3.63) is 34.5 Å². The van der Waals surface area contributed by atoms with E-state index in [2.05, 4.69) is 37.9 Å². The highest BCUT2D eigenvalue weighted by atomic mass is 35.5. The highest BCUT2D eigenvalue weighted by molar-refractivity contribution is 6.35. The number of rotatable bonds is 0. The van der Waals surface area contributed by atoms with Crippen LogP contribution in [0.25, 0.3) is 10.9 Å². The third kappa shape index (κ3) is 1.85. The lowest BCUT2D eigenvalue weighted by molar-refractivity contribution is 0.216. The van der Waals surface area contributed by atoms with E-state index in [0.717, 1.165) is 22.9 Å². The minimum Gasteiger partial charge on any atom is -0.357 e. The summed E-state index contributed by atoms with van der Waals surface area (Å²) in [7, 11) is 0. The van der Waals surface area contributed by atoms with E-state index in [0.29, 0.717) is 5.41 Å². The SMILES string of the molecule is CC(C)(C)C1CCc2[nH]c3c(Cl)cccc3c2C1. The fourth-order valence-electron chi connectivity index (χ4n) is 3.14. The standard InChI is InChI=1S/C16H20ClN/c1-16(2,3)10-7-8-14-12(9-10)11-5-4-6-13(17)15(11)18-14/h4-6,10,18H,7-9H2,1-3H3. The van der Waals surface area contributed by atoms with Gasteiger partial charge >= 0.3 is 0 Å². The molecule has 1 aliphatic carbocycles. The Morgan fingerprint density at radius 3 is 2.78 bits per heavy atom. The van der Waals surface area contributed by atoms with E-state index >= 15 is 0 Å². The van der Waals surface area contributed by atoms with Crippen molar-refractivity contribution in [2.24, 2.45) is 11.3 Å². The Bertz CT molecular complexity index is 589. The van der Waals surface area contributed by atoms with Crippen molar-refractivity contribution >= 4 is 22.5 Å². The summed E-state index contributed by atoms with van der Waals surface area (Å²) < 4.78 is 0. The molecular formula is C16H20ClN. The molecule has 0 amide bonds. The van der Waals surface area contributed by atoms with Crippen molar-refractivity contribution in [3.8, 4) is 0 Å². The van der Waals surface area contributed by atoms with Gasteiger partial charge in [-0.2, -0.15) is 0 Å². The highest BCUT2D eigenvalue weighted by Gasteiger charge is 2.30. The van der Waals surface area contributed by atoms with Crippen LogP contribution in [0.1, 0.15) is 38.4 Å². The molecule has 96 valence electrons. The Morgan fingerprint density at radius 1 is 1.28 bits per heavy atom. The second kappa shape index (κ2) is 4.03. The third-order valence-electron chi connectivity index (χ3n) is 4.40. The molecule has 1 aromatic heterocycles. The number of benzene rings is 1. The average Bonchev–Trinajstić information content (AvgIpc) is 2.67. The summed E-state index contributed by atoms with van der Waals surface area (Å²) in [6.07, 6.45) is 3.61. The maximum atomic E-state index is 6.27. The number of aryl methyl sites for hydroxylation is 1. The van der Waals surface area contributed by atoms with Gasteiger partial charge in [-0.05, 0) is 42.2 Å². The highest BCUT2D eigenvalue weighted by Crippen LogP contribution is 2.40. The van der Waals surface area contributed by atoms with Crippen molar-refractivity contribution in [2.75, 3.05) is 0 Å². The molecule has 1 unspecified atom stereocenters. The Hall–Kier alpha value is -0.950. The van der Waals surface area contributed by atoms with Crippen LogP contribution in [0.4, 0.5) is 0 Å². The molecule has 1 nitrogen and oxygen atoms in total. The van der Waals surface area contributed by atoms with Crippen LogP contribution < -0.4 is 0 Å². The molecule has 0 bridgehead atoms. The molecule has 0 saturated carbocycles. The predicted molar refractivity (Wildman–Crippen MR) is 78.3 cm³/mol. The molecule has 2 heteroatoms. The number of aromatic nitrogens is 1. The summed E-state index contributed by atoms with van der Waals surface area (Å²) in [6, 6.07) is 6.22. The van der Waals surface area contributed by atoms with Crippen LogP contribution in [-0.4, -0.2) is 4.98 Å². The molecule has 2 aromatic rings. The number of hydrogen-bond acceptors (Lipinski definition) is 0. The monoisotopic (exact) mass is 261 g/mol. The molecule has 1 atom stereocenters. The average molecular weight is 262 g/mol. The van der Waals surface area contributed by atoms with Crippen LogP contribution in [0.15, 0.2) is 18.2 Å². The predicted octanol–water partition coefficient (Wildman–Crippen LogP) is 4.97. The van der Waals surface area contributed by atoms with Gasteiger partial charge in [0.15, 0.2) is 0 Å². The first kappa shape index (κ1) is 12.1. The zero-order valence-corrected chi connectivity index (χ0v) is 12.1. The van der Waals surface area contributed by atoms with Crippen LogP contribution in [0, 0.1) is 11.3 Å². The van der Waals surface area contributed by atoms with E-state index in [1.54, 1.807) is 0 Å². The summed E-state index contributed by atoms with van der Waals surface area (Å²) in [4.78, 5) is 3.52. The van der Waals surface area contributed by atoms with E-state index in [1.165, 1.54) is 29.5 Å². The van der Waals surface area contributed by atoms with Crippen LogP contribution in [-0.2, 0) is 12.8 Å². The van der Waals surface area contributed by atoms with Gasteiger partial charge in [0.1, 0.15) is 0 Å². The summed E-state index contributed by atoms with van der Waals surface area (Å²) >= 11 is 6.27. The molecule has 0 aliphatic heterocycles. The Balaban J connectivity index is 2.10. The van der Waals surface area contributed by atoms with E-state index in [1.807, 2.05) is 6.07 Å². The first-order chi connectivity index (χ1) is 8.47. The number of hydrogen-bond donors (Lipinski definition) is 1. The molecule has 1 aliphatic rings. The largest absolute Gasteiger partial charge is 0.357 e. The van der Waals surface area contributed by atoms with Crippen LogP contribution >= 0.6 is 11.6 Å². The molecule has 0 saturated heterocycles. The molecule has 1 heterocycles. The van der Waals surface area contributed by atoms with E-state index in [9.17, 15) is 0 Å². The molecule has 0 fully saturated rings. The fraction of sp³-hybridized carbons (Fsp3) is 0.500. The zero-order chi connectivity index (χ0) is 12.9. The Labute approximate surface area is 114 Å². The molecule has 3 rings (SSSR count). The molecule has 18 heavy (non-hydrogen) atoms. The lowest BCUT2D eigenvalue weighted by Gasteiger charge is -2.34. The van der Waals surface area contributed by atoms with Crippen molar-refractivity contribution in [1.29, 1.82) is 0 Å². The minimum absolute atomic E-state index is 0.389. The summed E-state index contributed by atoms with van der Waals surface area (Å²) in [6.45, 7) is 7.06. The minimum atomic E-state index is 0.389. The topological polar surface area (TPSA) is 15.8 Å². The van der Waals surface area contributed by atoms with Gasteiger partial charge in [-0.25, -0.2) is 0 Å². The molecular weight excluding hydrogens is 242 g/mol. The summed E-state index contributed by atoms with van der Waals surface area (Å²) in [5.41, 5.74) is 4.41. The number of para-hydroxylation sites is 1. The second-order valence-electron chi connectivity index (χ2n) is 6.55. The van der Waals surface area contributed by atoms with Crippen molar-refractivity contribution < 1.29 is 0 Å². The smallest absolute Gasteiger partial charge is 0.0648 e. The molecule has 0 radical (unpaired) electrons. The van der Waals surface area contributed by atoms with E-state index in [4.69, 9.17) is 11.6 Å². The summed E-state index contributed by atoms with van der Waals surface area (Å²) in [5, 5.41) is 2.17. The quantitative estimate of drug-likeness (QED) is 0.689. The number of nitrogens with one attached hydrogen (secondary N) is 1. The van der Waals surface area contributed by atoms with Crippen molar-refractivity contribution in [1.82, 2.24) is 4.98 Å². The first-order valence-electron chi connectivity index (χ1n) is 6.75. The number of aromatic amines is 1. The van der Waals surface area contributed by atoms with Crippen molar-refractivity contribution in [2.45, 2.75) is 40.0 Å². The third-order valence-corrected chi connectivity index (χ3v) is 4.71. The van der Waals surface area contributed by atoms with Gasteiger partial charge in [0.25, 0.3) is 0 Å². The maximum absolute atomic E-state index is 6.27. The van der Waals surface area contributed by atoms with Gasteiger partial charge in [0.2, 0.25) is 0 Å². The number of halogens is 1. The van der Waals surface area contributed by atoms with Gasteiger partial charge in [-0.1, -0.05) is 44.5 Å². The normalized spacial score (nSPS) is 20.1. The van der Waals surface area contributed by atoms with Gasteiger partial charge < -0.3 is 4.98 Å². The maximum Gasteiger partial charge on any atom is 0.0648 e. The lowest BCUT2D eigenvalue weighted by Crippen LogP contribution is -2.26. The van der Waals surface area contributed by atoms with E-state index < -0.39 is 0 Å². The fourth-order valence-corrected chi connectivity index (χ4v) is 3.37. The molecule has 0 spiro atoms.